The van der Waals surface area contributed by atoms with Gasteiger partial charge in [0.2, 0.25) is 0 Å². The summed E-state index contributed by atoms with van der Waals surface area (Å²) in [6.07, 6.45) is 1.57. The minimum atomic E-state index is -0.0675. The minimum Gasteiger partial charge on any atom is -0.497 e. The van der Waals surface area contributed by atoms with E-state index in [0.717, 1.165) is 17.0 Å². The quantitative estimate of drug-likeness (QED) is 0.889. The van der Waals surface area contributed by atoms with Crippen LogP contribution in [0.25, 0.3) is 0 Å². The highest BCUT2D eigenvalue weighted by molar-refractivity contribution is 5.28. The Morgan fingerprint density at radius 3 is 2.84 bits per heavy atom. The molecule has 0 aliphatic rings. The first-order valence-corrected chi connectivity index (χ1v) is 5.92. The van der Waals surface area contributed by atoms with E-state index in [9.17, 15) is 0 Å². The lowest BCUT2D eigenvalue weighted by Gasteiger charge is -2.07. The zero-order valence-corrected chi connectivity index (χ0v) is 11.0. The van der Waals surface area contributed by atoms with E-state index < -0.39 is 0 Å². The minimum absolute atomic E-state index is 0.0675. The maximum atomic E-state index is 9.04. The summed E-state index contributed by atoms with van der Waals surface area (Å²) in [6, 6.07) is 7.92. The van der Waals surface area contributed by atoms with E-state index in [4.69, 9.17) is 14.6 Å². The molecule has 0 saturated heterocycles. The number of aliphatic hydroxyl groups excluding tert-OH is 1. The van der Waals surface area contributed by atoms with Gasteiger partial charge in [-0.2, -0.15) is 0 Å². The van der Waals surface area contributed by atoms with Gasteiger partial charge in [-0.25, -0.2) is 9.97 Å². The first kappa shape index (κ1) is 13.3. The molecular weight excluding hydrogens is 244 g/mol. The molecule has 1 aromatic heterocycles. The second-order valence-electron chi connectivity index (χ2n) is 4.06. The molecular formula is C14H16N2O3. The molecule has 0 aliphatic carbocycles. The molecule has 2 rings (SSSR count). The first-order valence-electron chi connectivity index (χ1n) is 5.92. The van der Waals surface area contributed by atoms with Crippen molar-refractivity contribution in [2.24, 2.45) is 0 Å². The Hall–Kier alpha value is -2.14. The van der Waals surface area contributed by atoms with Gasteiger partial charge >= 0.3 is 6.01 Å². The SMILES string of the molecule is COc1cccc(COc2ncc(CO)c(C)n2)c1. The number of hydrogen-bond donors (Lipinski definition) is 1. The number of aliphatic hydroxyl groups is 1. The van der Waals surface area contributed by atoms with E-state index in [0.29, 0.717) is 18.2 Å². The van der Waals surface area contributed by atoms with Gasteiger partial charge in [0.1, 0.15) is 12.4 Å². The molecule has 0 amide bonds. The first-order chi connectivity index (χ1) is 9.22. The number of methoxy groups -OCH3 is 1. The number of benzene rings is 1. The summed E-state index contributed by atoms with van der Waals surface area (Å²) < 4.78 is 10.7. The van der Waals surface area contributed by atoms with Crippen molar-refractivity contribution in [3.05, 3.63) is 47.3 Å². The van der Waals surface area contributed by atoms with Crippen molar-refractivity contribution >= 4 is 0 Å². The lowest BCUT2D eigenvalue weighted by molar-refractivity contribution is 0.269. The number of nitrogens with zero attached hydrogens (tertiary/aromatic N) is 2. The van der Waals surface area contributed by atoms with Gasteiger partial charge in [0.15, 0.2) is 0 Å². The average molecular weight is 260 g/mol. The van der Waals surface area contributed by atoms with Gasteiger partial charge in [-0.1, -0.05) is 12.1 Å². The van der Waals surface area contributed by atoms with Crippen molar-refractivity contribution in [1.29, 1.82) is 0 Å². The Morgan fingerprint density at radius 1 is 1.32 bits per heavy atom. The molecule has 100 valence electrons. The molecule has 5 heteroatoms. The Balaban J connectivity index is 2.03. The van der Waals surface area contributed by atoms with Crippen molar-refractivity contribution in [2.45, 2.75) is 20.1 Å². The van der Waals surface area contributed by atoms with Gasteiger partial charge in [0, 0.05) is 11.8 Å². The molecule has 0 spiro atoms. The Kier molecular flexibility index (Phi) is 4.30. The highest BCUT2D eigenvalue weighted by Crippen LogP contribution is 2.15. The van der Waals surface area contributed by atoms with Crippen LogP contribution in [0.2, 0.25) is 0 Å². The second-order valence-corrected chi connectivity index (χ2v) is 4.06. The Bertz CT molecular complexity index is 558. The Labute approximate surface area is 111 Å². The summed E-state index contributed by atoms with van der Waals surface area (Å²) in [5.41, 5.74) is 2.40. The number of hydrogen-bond acceptors (Lipinski definition) is 5. The number of rotatable bonds is 5. The fraction of sp³-hybridized carbons (Fsp3) is 0.286. The number of aryl methyl sites for hydroxylation is 1. The van der Waals surface area contributed by atoms with E-state index in [2.05, 4.69) is 9.97 Å². The molecule has 1 heterocycles. The molecule has 1 N–H and O–H groups in total. The monoisotopic (exact) mass is 260 g/mol. The average Bonchev–Trinajstić information content (AvgIpc) is 2.45. The van der Waals surface area contributed by atoms with Crippen LogP contribution in [0.3, 0.4) is 0 Å². The molecule has 0 aliphatic heterocycles. The molecule has 0 saturated carbocycles. The summed E-state index contributed by atoms with van der Waals surface area (Å²) >= 11 is 0. The summed E-state index contributed by atoms with van der Waals surface area (Å²) in [5.74, 6) is 0.786. The summed E-state index contributed by atoms with van der Waals surface area (Å²) in [6.45, 7) is 2.11. The third-order valence-corrected chi connectivity index (χ3v) is 2.73. The van der Waals surface area contributed by atoms with Gasteiger partial charge < -0.3 is 14.6 Å². The number of aromatic nitrogens is 2. The lowest BCUT2D eigenvalue weighted by atomic mass is 10.2. The molecule has 5 nitrogen and oxygen atoms in total. The van der Waals surface area contributed by atoms with Crippen LogP contribution in [0, 0.1) is 6.92 Å². The fourth-order valence-electron chi connectivity index (χ4n) is 1.61. The van der Waals surface area contributed by atoms with Crippen molar-refractivity contribution in [3.8, 4) is 11.8 Å². The molecule has 0 fully saturated rings. The topological polar surface area (TPSA) is 64.5 Å². The lowest BCUT2D eigenvalue weighted by Crippen LogP contribution is -2.02. The number of ether oxygens (including phenoxy) is 2. The van der Waals surface area contributed by atoms with E-state index in [1.807, 2.05) is 31.2 Å². The van der Waals surface area contributed by atoms with E-state index >= 15 is 0 Å². The fourth-order valence-corrected chi connectivity index (χ4v) is 1.61. The molecule has 0 unspecified atom stereocenters. The van der Waals surface area contributed by atoms with Crippen LogP contribution < -0.4 is 9.47 Å². The predicted octanol–water partition coefficient (Wildman–Crippen LogP) is 1.86. The summed E-state index contributed by atoms with van der Waals surface area (Å²) in [7, 11) is 1.63. The predicted molar refractivity (Wildman–Crippen MR) is 70.0 cm³/mol. The maximum Gasteiger partial charge on any atom is 0.316 e. The Morgan fingerprint density at radius 2 is 2.16 bits per heavy atom. The van der Waals surface area contributed by atoms with Crippen molar-refractivity contribution < 1.29 is 14.6 Å². The van der Waals surface area contributed by atoms with Gasteiger partial charge in [-0.15, -0.1) is 0 Å². The van der Waals surface area contributed by atoms with Gasteiger partial charge in [-0.3, -0.25) is 0 Å². The zero-order chi connectivity index (χ0) is 13.7. The van der Waals surface area contributed by atoms with Crippen LogP contribution in [-0.2, 0) is 13.2 Å². The highest BCUT2D eigenvalue weighted by Gasteiger charge is 2.04. The van der Waals surface area contributed by atoms with Crippen molar-refractivity contribution in [3.63, 3.8) is 0 Å². The molecule has 0 radical (unpaired) electrons. The van der Waals surface area contributed by atoms with Crippen LogP contribution in [0.4, 0.5) is 0 Å². The smallest absolute Gasteiger partial charge is 0.316 e. The van der Waals surface area contributed by atoms with Gasteiger partial charge in [0.05, 0.1) is 19.4 Å². The van der Waals surface area contributed by atoms with Crippen molar-refractivity contribution in [1.82, 2.24) is 9.97 Å². The summed E-state index contributed by atoms with van der Waals surface area (Å²) in [5, 5.41) is 9.04. The van der Waals surface area contributed by atoms with Crippen LogP contribution >= 0.6 is 0 Å². The highest BCUT2D eigenvalue weighted by atomic mass is 16.5. The second kappa shape index (κ2) is 6.15. The van der Waals surface area contributed by atoms with Crippen LogP contribution in [0.5, 0.6) is 11.8 Å². The van der Waals surface area contributed by atoms with Gasteiger partial charge in [-0.05, 0) is 24.6 Å². The van der Waals surface area contributed by atoms with Gasteiger partial charge in [0.25, 0.3) is 0 Å². The van der Waals surface area contributed by atoms with Crippen molar-refractivity contribution in [2.75, 3.05) is 7.11 Å². The third-order valence-electron chi connectivity index (χ3n) is 2.73. The standard InChI is InChI=1S/C14H16N2O3/c1-10-12(8-17)7-15-14(16-10)19-9-11-4-3-5-13(6-11)18-2/h3-7,17H,8-9H2,1-2H3. The molecule has 1 aromatic carbocycles. The zero-order valence-electron chi connectivity index (χ0n) is 11.0. The van der Waals surface area contributed by atoms with Crippen LogP contribution in [0.1, 0.15) is 16.8 Å². The maximum absolute atomic E-state index is 9.04. The van der Waals surface area contributed by atoms with Crippen LogP contribution in [0.15, 0.2) is 30.5 Å². The van der Waals surface area contributed by atoms with E-state index in [1.165, 1.54) is 0 Å². The summed E-state index contributed by atoms with van der Waals surface area (Å²) in [4.78, 5) is 8.22. The molecule has 0 atom stereocenters. The largest absolute Gasteiger partial charge is 0.497 e. The van der Waals surface area contributed by atoms with E-state index in [1.54, 1.807) is 13.3 Å². The normalized spacial score (nSPS) is 10.3. The van der Waals surface area contributed by atoms with E-state index in [-0.39, 0.29) is 6.61 Å². The molecule has 2 aromatic rings. The molecule has 0 bridgehead atoms. The third kappa shape index (κ3) is 3.42. The molecule has 19 heavy (non-hydrogen) atoms. The van der Waals surface area contributed by atoms with Crippen LogP contribution in [-0.4, -0.2) is 22.2 Å².